The maximum atomic E-state index is 15.0. The van der Waals surface area contributed by atoms with Crippen molar-refractivity contribution in [2.24, 2.45) is 0 Å². The Hall–Kier alpha value is -3.95. The molecule has 35 heavy (non-hydrogen) atoms. The first kappa shape index (κ1) is 24.2. The molecule has 0 aliphatic rings. The maximum absolute atomic E-state index is 15.0. The molecule has 4 aromatic rings. The van der Waals surface area contributed by atoms with Crippen LogP contribution >= 0.6 is 0 Å². The Labute approximate surface area is 200 Å². The fourth-order valence-corrected chi connectivity index (χ4v) is 3.91. The number of carbonyl (C=O) groups excluding carboxylic acids is 1. The molecule has 2 unspecified atom stereocenters. The van der Waals surface area contributed by atoms with E-state index in [4.69, 9.17) is 4.74 Å². The van der Waals surface area contributed by atoms with E-state index < -0.39 is 23.7 Å². The number of hydrogen-bond donors (Lipinski definition) is 3. The first-order valence-corrected chi connectivity index (χ1v) is 10.9. The SMILES string of the molecule is COCC(c1ccccn1)C(CO)NC(=O)c1cccc(F)c1-c1cc(-c2ccc(F)cc2)n[nH]1. The van der Waals surface area contributed by atoms with Crippen molar-refractivity contribution >= 4 is 5.91 Å². The van der Waals surface area contributed by atoms with E-state index in [1.165, 1.54) is 37.4 Å². The van der Waals surface area contributed by atoms with E-state index in [2.05, 4.69) is 20.5 Å². The van der Waals surface area contributed by atoms with Crippen molar-refractivity contribution in [2.45, 2.75) is 12.0 Å². The Balaban J connectivity index is 1.64. The topological polar surface area (TPSA) is 100 Å². The lowest BCUT2D eigenvalue weighted by molar-refractivity contribution is 0.0869. The Kier molecular flexibility index (Phi) is 7.59. The molecule has 1 amide bonds. The molecule has 7 nitrogen and oxygen atoms in total. The van der Waals surface area contributed by atoms with Crippen molar-refractivity contribution < 1.29 is 23.4 Å². The highest BCUT2D eigenvalue weighted by Crippen LogP contribution is 2.29. The van der Waals surface area contributed by atoms with Crippen molar-refractivity contribution in [3.63, 3.8) is 0 Å². The average molecular weight is 478 g/mol. The summed E-state index contributed by atoms with van der Waals surface area (Å²) in [4.78, 5) is 17.6. The first-order chi connectivity index (χ1) is 17.0. The molecule has 9 heteroatoms. The number of ether oxygens (including phenoxy) is 1. The summed E-state index contributed by atoms with van der Waals surface area (Å²) in [5.41, 5.74) is 2.13. The van der Waals surface area contributed by atoms with Gasteiger partial charge in [-0.1, -0.05) is 12.1 Å². The summed E-state index contributed by atoms with van der Waals surface area (Å²) in [5, 5.41) is 19.8. The summed E-state index contributed by atoms with van der Waals surface area (Å²) < 4.78 is 33.5. The van der Waals surface area contributed by atoms with Crippen LogP contribution in [0.3, 0.4) is 0 Å². The molecule has 2 aromatic carbocycles. The van der Waals surface area contributed by atoms with Gasteiger partial charge in [-0.05, 0) is 54.6 Å². The molecule has 180 valence electrons. The lowest BCUT2D eigenvalue weighted by Crippen LogP contribution is -2.43. The van der Waals surface area contributed by atoms with Gasteiger partial charge in [0.25, 0.3) is 5.91 Å². The third kappa shape index (κ3) is 5.42. The van der Waals surface area contributed by atoms with E-state index in [0.717, 1.165) is 0 Å². The van der Waals surface area contributed by atoms with Crippen LogP contribution in [0.2, 0.25) is 0 Å². The number of hydrogen-bond acceptors (Lipinski definition) is 5. The second-order valence-electron chi connectivity index (χ2n) is 7.92. The van der Waals surface area contributed by atoms with Crippen LogP contribution in [0.15, 0.2) is 72.9 Å². The van der Waals surface area contributed by atoms with Crippen molar-refractivity contribution in [2.75, 3.05) is 20.3 Å². The second-order valence-corrected chi connectivity index (χ2v) is 7.92. The number of halogens is 2. The van der Waals surface area contributed by atoms with Crippen LogP contribution in [0, 0.1) is 11.6 Å². The van der Waals surface area contributed by atoms with Gasteiger partial charge in [0.15, 0.2) is 0 Å². The van der Waals surface area contributed by atoms with Gasteiger partial charge in [0.05, 0.1) is 36.2 Å². The van der Waals surface area contributed by atoms with Gasteiger partial charge in [-0.15, -0.1) is 0 Å². The van der Waals surface area contributed by atoms with E-state index in [-0.39, 0.29) is 35.9 Å². The van der Waals surface area contributed by atoms with Crippen molar-refractivity contribution in [3.05, 3.63) is 95.8 Å². The number of nitrogens with zero attached hydrogens (tertiary/aromatic N) is 2. The van der Waals surface area contributed by atoms with Crippen molar-refractivity contribution in [3.8, 4) is 22.5 Å². The van der Waals surface area contributed by atoms with Crippen LogP contribution in [0.25, 0.3) is 22.5 Å². The smallest absolute Gasteiger partial charge is 0.252 e. The fraction of sp³-hybridized carbons (Fsp3) is 0.192. The molecule has 0 radical (unpaired) electrons. The number of pyridine rings is 1. The second kappa shape index (κ2) is 11.0. The first-order valence-electron chi connectivity index (χ1n) is 10.9. The predicted molar refractivity (Wildman–Crippen MR) is 127 cm³/mol. The van der Waals surface area contributed by atoms with Gasteiger partial charge in [0.1, 0.15) is 11.6 Å². The molecule has 0 saturated heterocycles. The number of carbonyl (C=O) groups is 1. The minimum absolute atomic E-state index is 0.0312. The number of aliphatic hydroxyl groups is 1. The molecule has 0 aliphatic heterocycles. The summed E-state index contributed by atoms with van der Waals surface area (Å²) in [7, 11) is 1.52. The molecule has 4 rings (SSSR count). The molecule has 0 saturated carbocycles. The molecule has 0 bridgehead atoms. The Morgan fingerprint density at radius 3 is 2.60 bits per heavy atom. The number of H-pyrrole nitrogens is 1. The summed E-state index contributed by atoms with van der Waals surface area (Å²) in [5.74, 6) is -2.00. The van der Waals surface area contributed by atoms with Gasteiger partial charge in [-0.25, -0.2) is 8.78 Å². The Bertz CT molecular complexity index is 1280. The number of aromatic nitrogens is 3. The minimum Gasteiger partial charge on any atom is -0.394 e. The zero-order valence-electron chi connectivity index (χ0n) is 18.9. The van der Waals surface area contributed by atoms with Crippen LogP contribution in [-0.2, 0) is 4.74 Å². The molecular weight excluding hydrogens is 454 g/mol. The number of nitrogens with one attached hydrogen (secondary N) is 2. The monoisotopic (exact) mass is 478 g/mol. The molecule has 3 N–H and O–H groups in total. The molecule has 2 atom stereocenters. The highest BCUT2D eigenvalue weighted by molar-refractivity contribution is 6.01. The van der Waals surface area contributed by atoms with E-state index in [9.17, 15) is 18.7 Å². The van der Waals surface area contributed by atoms with Crippen LogP contribution in [0.1, 0.15) is 22.0 Å². The predicted octanol–water partition coefficient (Wildman–Crippen LogP) is 3.94. The molecular formula is C26H24F2N4O3. The van der Waals surface area contributed by atoms with Crippen molar-refractivity contribution in [1.29, 1.82) is 0 Å². The van der Waals surface area contributed by atoms with Gasteiger partial charge in [0.2, 0.25) is 0 Å². The third-order valence-electron chi connectivity index (χ3n) is 5.66. The maximum Gasteiger partial charge on any atom is 0.252 e. The van der Waals surface area contributed by atoms with Gasteiger partial charge >= 0.3 is 0 Å². The quantitative estimate of drug-likeness (QED) is 0.338. The zero-order chi connectivity index (χ0) is 24.8. The number of aliphatic hydroxyl groups excluding tert-OH is 1. The van der Waals surface area contributed by atoms with E-state index in [1.807, 2.05) is 6.07 Å². The Morgan fingerprint density at radius 2 is 1.91 bits per heavy atom. The number of amides is 1. The van der Waals surface area contributed by atoms with Crippen LogP contribution < -0.4 is 5.32 Å². The van der Waals surface area contributed by atoms with Gasteiger partial charge < -0.3 is 15.2 Å². The largest absolute Gasteiger partial charge is 0.394 e. The summed E-state index contributed by atoms with van der Waals surface area (Å²) in [6.07, 6.45) is 1.62. The van der Waals surface area contributed by atoms with Crippen LogP contribution in [0.5, 0.6) is 0 Å². The number of benzene rings is 2. The standard InChI is InChI=1S/C26H24F2N4O3/c1-35-15-19(21-7-2-3-12-29-21)24(14-33)30-26(34)18-5-4-6-20(28)25(18)23-13-22(31-32-23)16-8-10-17(27)11-9-16/h2-13,19,24,33H,14-15H2,1H3,(H,30,34)(H,31,32). The van der Waals surface area contributed by atoms with E-state index >= 15 is 0 Å². The minimum atomic E-state index is -0.731. The van der Waals surface area contributed by atoms with Gasteiger partial charge in [-0.3, -0.25) is 14.9 Å². The van der Waals surface area contributed by atoms with E-state index in [0.29, 0.717) is 17.0 Å². The zero-order valence-corrected chi connectivity index (χ0v) is 18.9. The molecule has 0 fully saturated rings. The number of rotatable bonds is 9. The normalized spacial score (nSPS) is 12.8. The number of methoxy groups -OCH3 is 1. The van der Waals surface area contributed by atoms with Crippen molar-refractivity contribution in [1.82, 2.24) is 20.5 Å². The summed E-state index contributed by atoms with van der Waals surface area (Å²) in [6, 6.07) is 16.1. The molecule has 2 heterocycles. The van der Waals surface area contributed by atoms with Crippen LogP contribution in [-0.4, -0.2) is 52.6 Å². The van der Waals surface area contributed by atoms with Crippen LogP contribution in [0.4, 0.5) is 8.78 Å². The van der Waals surface area contributed by atoms with Gasteiger partial charge in [-0.2, -0.15) is 5.10 Å². The average Bonchev–Trinajstić information content (AvgIpc) is 3.36. The molecule has 2 aromatic heterocycles. The van der Waals surface area contributed by atoms with E-state index in [1.54, 1.807) is 36.5 Å². The lowest BCUT2D eigenvalue weighted by Gasteiger charge is -2.26. The number of aromatic amines is 1. The summed E-state index contributed by atoms with van der Waals surface area (Å²) >= 11 is 0. The Morgan fingerprint density at radius 1 is 1.11 bits per heavy atom. The third-order valence-corrected chi connectivity index (χ3v) is 5.66. The summed E-state index contributed by atoms with van der Waals surface area (Å²) in [6.45, 7) is -0.167. The van der Waals surface area contributed by atoms with Gasteiger partial charge in [0, 0.05) is 36.0 Å². The highest BCUT2D eigenvalue weighted by atomic mass is 19.1. The molecule has 0 aliphatic carbocycles. The highest BCUT2D eigenvalue weighted by Gasteiger charge is 2.28. The molecule has 0 spiro atoms. The fourth-order valence-electron chi connectivity index (χ4n) is 3.91. The lowest BCUT2D eigenvalue weighted by atomic mass is 9.95.